The van der Waals surface area contributed by atoms with Gasteiger partial charge in [0.25, 0.3) is 0 Å². The van der Waals surface area contributed by atoms with E-state index in [4.69, 9.17) is 0 Å². The zero-order chi connectivity index (χ0) is 21.6. The Morgan fingerprint density at radius 2 is 1.63 bits per heavy atom. The Morgan fingerprint density at radius 1 is 0.933 bits per heavy atom. The average molecular weight is 426 g/mol. The van der Waals surface area contributed by atoms with Crippen molar-refractivity contribution in [3.63, 3.8) is 0 Å². The molecule has 0 fully saturated rings. The number of fused-ring (bicyclic) bond motifs is 1. The van der Waals surface area contributed by atoms with Gasteiger partial charge in [0, 0.05) is 19.5 Å². The smallest absolute Gasteiger partial charge is 0.337 e. The van der Waals surface area contributed by atoms with Gasteiger partial charge < -0.3 is 10.1 Å². The van der Waals surface area contributed by atoms with E-state index in [1.807, 2.05) is 24.3 Å². The first-order valence-electron chi connectivity index (χ1n) is 9.31. The second-order valence-electron chi connectivity index (χ2n) is 6.62. The van der Waals surface area contributed by atoms with Gasteiger partial charge in [-0.25, -0.2) is 17.9 Å². The van der Waals surface area contributed by atoms with E-state index in [2.05, 4.69) is 14.8 Å². The zero-order valence-corrected chi connectivity index (χ0v) is 17.2. The number of amides is 1. The van der Waals surface area contributed by atoms with Crippen molar-refractivity contribution >= 4 is 32.7 Å². The molecule has 0 atom stereocenters. The van der Waals surface area contributed by atoms with Crippen LogP contribution >= 0.6 is 0 Å². The molecule has 0 aliphatic rings. The average Bonchev–Trinajstić information content (AvgIpc) is 2.77. The molecule has 0 radical (unpaired) electrons. The van der Waals surface area contributed by atoms with E-state index in [0.717, 1.165) is 16.3 Å². The van der Waals surface area contributed by atoms with Crippen LogP contribution in [0.5, 0.6) is 0 Å². The second-order valence-corrected chi connectivity index (χ2v) is 8.39. The van der Waals surface area contributed by atoms with Crippen molar-refractivity contribution in [3.8, 4) is 0 Å². The number of hydrogen-bond acceptors (Lipinski definition) is 5. The number of hydrogen-bond donors (Lipinski definition) is 2. The molecular formula is C22H22N2O5S. The lowest BCUT2D eigenvalue weighted by atomic mass is 10.1. The van der Waals surface area contributed by atoms with Gasteiger partial charge in [0.05, 0.1) is 17.6 Å². The quantitative estimate of drug-likeness (QED) is 0.539. The molecule has 7 nitrogen and oxygen atoms in total. The standard InChI is InChI=1S/C22H22N2O5S/c1-29-22(26)18-8-6-16(7-9-18)15-23-21(25)12-13-24-30(27,28)20-11-10-17-4-2-3-5-19(17)14-20/h2-11,14,24H,12-13,15H2,1H3,(H,23,25). The van der Waals surface area contributed by atoms with Gasteiger partial charge in [-0.1, -0.05) is 42.5 Å². The molecule has 0 aliphatic carbocycles. The summed E-state index contributed by atoms with van der Waals surface area (Å²) in [4.78, 5) is 23.6. The minimum absolute atomic E-state index is 0.00700. The predicted octanol–water partition coefficient (Wildman–Crippen LogP) is 2.61. The molecule has 3 aromatic carbocycles. The van der Waals surface area contributed by atoms with E-state index < -0.39 is 16.0 Å². The lowest BCUT2D eigenvalue weighted by Crippen LogP contribution is -2.30. The summed E-state index contributed by atoms with van der Waals surface area (Å²) in [7, 11) is -2.39. The number of carbonyl (C=O) groups excluding carboxylic acids is 2. The number of nitrogens with one attached hydrogen (secondary N) is 2. The van der Waals surface area contributed by atoms with Gasteiger partial charge in [0.1, 0.15) is 0 Å². The highest BCUT2D eigenvalue weighted by atomic mass is 32.2. The molecule has 156 valence electrons. The number of carbonyl (C=O) groups is 2. The molecule has 0 aromatic heterocycles. The van der Waals surface area contributed by atoms with Gasteiger partial charge in [-0.15, -0.1) is 0 Å². The van der Waals surface area contributed by atoms with Crippen molar-refractivity contribution in [1.29, 1.82) is 0 Å². The maximum atomic E-state index is 12.5. The fourth-order valence-corrected chi connectivity index (χ4v) is 3.95. The monoisotopic (exact) mass is 426 g/mol. The Hall–Kier alpha value is -3.23. The van der Waals surface area contributed by atoms with Crippen molar-refractivity contribution in [2.45, 2.75) is 17.9 Å². The van der Waals surface area contributed by atoms with Crippen LogP contribution in [0.1, 0.15) is 22.3 Å². The molecule has 2 N–H and O–H groups in total. The lowest BCUT2D eigenvalue weighted by Gasteiger charge is -2.09. The molecule has 8 heteroatoms. The SMILES string of the molecule is COC(=O)c1ccc(CNC(=O)CCNS(=O)(=O)c2ccc3ccccc3c2)cc1. The summed E-state index contributed by atoms with van der Waals surface area (Å²) in [5, 5.41) is 4.51. The number of ether oxygens (including phenoxy) is 1. The van der Waals surface area contributed by atoms with Crippen LogP contribution in [0.15, 0.2) is 71.6 Å². The number of benzene rings is 3. The summed E-state index contributed by atoms with van der Waals surface area (Å²) in [6, 6.07) is 19.1. The molecule has 30 heavy (non-hydrogen) atoms. The van der Waals surface area contributed by atoms with Gasteiger partial charge in [0.2, 0.25) is 15.9 Å². The van der Waals surface area contributed by atoms with Gasteiger partial charge in [0.15, 0.2) is 0 Å². The third-order valence-corrected chi connectivity index (χ3v) is 6.00. The van der Waals surface area contributed by atoms with Gasteiger partial charge in [-0.3, -0.25) is 4.79 Å². The topological polar surface area (TPSA) is 102 Å². The molecular weight excluding hydrogens is 404 g/mol. The third-order valence-electron chi connectivity index (χ3n) is 4.54. The summed E-state index contributed by atoms with van der Waals surface area (Å²) in [6.07, 6.45) is 0.00700. The van der Waals surface area contributed by atoms with E-state index in [0.29, 0.717) is 5.56 Å². The van der Waals surface area contributed by atoms with Crippen LogP contribution in [-0.4, -0.2) is 33.9 Å². The van der Waals surface area contributed by atoms with Crippen LogP contribution < -0.4 is 10.0 Å². The van der Waals surface area contributed by atoms with Gasteiger partial charge >= 0.3 is 5.97 Å². The maximum absolute atomic E-state index is 12.5. The molecule has 0 saturated carbocycles. The third kappa shape index (κ3) is 5.43. The maximum Gasteiger partial charge on any atom is 0.337 e. The predicted molar refractivity (Wildman–Crippen MR) is 113 cm³/mol. The van der Waals surface area contributed by atoms with Gasteiger partial charge in [-0.2, -0.15) is 0 Å². The highest BCUT2D eigenvalue weighted by Crippen LogP contribution is 2.18. The first-order valence-corrected chi connectivity index (χ1v) is 10.8. The number of esters is 1. The molecule has 1 amide bonds. The highest BCUT2D eigenvalue weighted by Gasteiger charge is 2.14. The Morgan fingerprint density at radius 3 is 2.33 bits per heavy atom. The van der Waals surface area contributed by atoms with E-state index in [1.54, 1.807) is 42.5 Å². The van der Waals surface area contributed by atoms with Crippen LogP contribution in [0.2, 0.25) is 0 Å². The molecule has 3 rings (SSSR count). The first-order chi connectivity index (χ1) is 14.4. The molecule has 3 aromatic rings. The van der Waals surface area contributed by atoms with Crippen molar-refractivity contribution < 1.29 is 22.7 Å². The molecule has 0 saturated heterocycles. The molecule has 0 heterocycles. The summed E-state index contributed by atoms with van der Waals surface area (Å²) >= 11 is 0. The summed E-state index contributed by atoms with van der Waals surface area (Å²) in [6.45, 7) is 0.264. The summed E-state index contributed by atoms with van der Waals surface area (Å²) < 4.78 is 32.0. The van der Waals surface area contributed by atoms with E-state index in [-0.39, 0.29) is 30.3 Å². The van der Waals surface area contributed by atoms with Crippen LogP contribution in [0.25, 0.3) is 10.8 Å². The number of methoxy groups -OCH3 is 1. The van der Waals surface area contributed by atoms with Crippen molar-refractivity contribution in [2.75, 3.05) is 13.7 Å². The minimum atomic E-state index is -3.70. The number of sulfonamides is 1. The summed E-state index contributed by atoms with van der Waals surface area (Å²) in [5.41, 5.74) is 1.24. The highest BCUT2D eigenvalue weighted by molar-refractivity contribution is 7.89. The van der Waals surface area contributed by atoms with Crippen LogP contribution in [0.3, 0.4) is 0 Å². The Bertz CT molecular complexity index is 1160. The zero-order valence-electron chi connectivity index (χ0n) is 16.4. The minimum Gasteiger partial charge on any atom is -0.465 e. The largest absolute Gasteiger partial charge is 0.465 e. The van der Waals surface area contributed by atoms with Crippen LogP contribution in [0.4, 0.5) is 0 Å². The van der Waals surface area contributed by atoms with Crippen LogP contribution in [0, 0.1) is 0 Å². The van der Waals surface area contributed by atoms with E-state index in [1.165, 1.54) is 7.11 Å². The second kappa shape index (κ2) is 9.51. The van der Waals surface area contributed by atoms with Crippen molar-refractivity contribution in [3.05, 3.63) is 77.9 Å². The fourth-order valence-electron chi connectivity index (χ4n) is 2.88. The lowest BCUT2D eigenvalue weighted by molar-refractivity contribution is -0.121. The molecule has 0 spiro atoms. The Balaban J connectivity index is 1.49. The number of rotatable bonds is 8. The molecule has 0 bridgehead atoms. The Kier molecular flexibility index (Phi) is 6.81. The Labute approximate surface area is 175 Å². The molecule has 0 unspecified atom stereocenters. The van der Waals surface area contributed by atoms with Gasteiger partial charge in [-0.05, 0) is 40.6 Å². The molecule has 0 aliphatic heterocycles. The fraction of sp³-hybridized carbons (Fsp3) is 0.182. The van der Waals surface area contributed by atoms with Crippen molar-refractivity contribution in [2.24, 2.45) is 0 Å². The van der Waals surface area contributed by atoms with Crippen LogP contribution in [-0.2, 0) is 26.1 Å². The van der Waals surface area contributed by atoms with Crippen molar-refractivity contribution in [1.82, 2.24) is 10.0 Å². The first kappa shape index (κ1) is 21.5. The summed E-state index contributed by atoms with van der Waals surface area (Å²) in [5.74, 6) is -0.711. The van der Waals surface area contributed by atoms with E-state index in [9.17, 15) is 18.0 Å². The normalized spacial score (nSPS) is 11.2. The van der Waals surface area contributed by atoms with E-state index >= 15 is 0 Å².